The summed E-state index contributed by atoms with van der Waals surface area (Å²) in [5.74, 6) is 0. The van der Waals surface area contributed by atoms with Crippen LogP contribution in [-0.4, -0.2) is 6.71 Å². The summed E-state index contributed by atoms with van der Waals surface area (Å²) in [6.07, 6.45) is 0. The van der Waals surface area contributed by atoms with Crippen LogP contribution >= 0.6 is 0 Å². The molecule has 0 amide bonds. The zero-order chi connectivity index (χ0) is 39.9. The molecule has 0 radical (unpaired) electrons. The minimum absolute atomic E-state index is 0.0841. The van der Waals surface area contributed by atoms with Gasteiger partial charge in [-0.2, -0.15) is 0 Å². The molecule has 59 heavy (non-hydrogen) atoms. The molecule has 12 rings (SSSR count). The number of rotatable bonds is 2. The number of fused-ring (bicyclic) bond motifs is 14. The largest absolute Gasteiger partial charge is 0.311 e. The smallest absolute Gasteiger partial charge is 0.252 e. The predicted octanol–water partition coefficient (Wildman–Crippen LogP) is 12.3. The summed E-state index contributed by atoms with van der Waals surface area (Å²) in [5, 5.41) is 0. The normalized spacial score (nSPS) is 14.6. The Morgan fingerprint density at radius 2 is 0.847 bits per heavy atom. The van der Waals surface area contributed by atoms with Crippen LogP contribution in [0.1, 0.15) is 65.3 Å². The molecule has 0 unspecified atom stereocenters. The van der Waals surface area contributed by atoms with Gasteiger partial charge in [0.1, 0.15) is 0 Å². The van der Waals surface area contributed by atoms with Crippen LogP contribution in [0.25, 0.3) is 22.3 Å². The van der Waals surface area contributed by atoms with E-state index in [0.717, 1.165) is 0 Å². The van der Waals surface area contributed by atoms with Gasteiger partial charge in [-0.15, -0.1) is 0 Å². The summed E-state index contributed by atoms with van der Waals surface area (Å²) in [5.41, 5.74) is 26.9. The molecule has 0 aromatic heterocycles. The lowest BCUT2D eigenvalue weighted by Gasteiger charge is -2.45. The fourth-order valence-corrected chi connectivity index (χ4v) is 11.2. The lowest BCUT2D eigenvalue weighted by molar-refractivity contribution is 0.590. The Kier molecular flexibility index (Phi) is 7.00. The van der Waals surface area contributed by atoms with E-state index in [1.54, 1.807) is 0 Å². The average Bonchev–Trinajstić information content (AvgIpc) is 3.71. The Hall–Kier alpha value is -6.58. The lowest BCUT2D eigenvalue weighted by atomic mass is 9.33. The van der Waals surface area contributed by atoms with Crippen molar-refractivity contribution in [2.75, 3.05) is 9.80 Å². The minimum Gasteiger partial charge on any atom is -0.311 e. The van der Waals surface area contributed by atoms with Gasteiger partial charge < -0.3 is 9.80 Å². The second-order valence-corrected chi connectivity index (χ2v) is 18.4. The maximum absolute atomic E-state index is 2.60. The third-order valence-corrected chi connectivity index (χ3v) is 13.8. The summed E-state index contributed by atoms with van der Waals surface area (Å²) in [6, 6.07) is 63.0. The molecule has 2 heterocycles. The van der Waals surface area contributed by atoms with Gasteiger partial charge in [-0.05, 0) is 141 Å². The molecule has 282 valence electrons. The van der Waals surface area contributed by atoms with Crippen molar-refractivity contribution in [2.45, 2.75) is 52.4 Å². The Morgan fingerprint density at radius 1 is 0.407 bits per heavy atom. The quantitative estimate of drug-likeness (QED) is 0.162. The van der Waals surface area contributed by atoms with Crippen molar-refractivity contribution in [2.24, 2.45) is 0 Å². The fourth-order valence-electron chi connectivity index (χ4n) is 11.2. The van der Waals surface area contributed by atoms with E-state index in [1.165, 1.54) is 117 Å². The van der Waals surface area contributed by atoms with Gasteiger partial charge in [-0.3, -0.25) is 0 Å². The van der Waals surface area contributed by atoms with Crippen molar-refractivity contribution in [3.63, 3.8) is 0 Å². The Labute approximate surface area is 348 Å². The van der Waals surface area contributed by atoms with Gasteiger partial charge >= 0.3 is 0 Å². The molecule has 8 aromatic carbocycles. The average molecular weight is 757 g/mol. The summed E-state index contributed by atoms with van der Waals surface area (Å²) < 4.78 is 0. The highest BCUT2D eigenvalue weighted by atomic mass is 15.2. The molecule has 2 nitrogen and oxygen atoms in total. The van der Waals surface area contributed by atoms with Crippen molar-refractivity contribution >= 4 is 57.2 Å². The number of hydrogen-bond acceptors (Lipinski definition) is 2. The predicted molar refractivity (Wildman–Crippen MR) is 250 cm³/mol. The zero-order valence-electron chi connectivity index (χ0n) is 34.6. The lowest BCUT2D eigenvalue weighted by Crippen LogP contribution is -2.61. The Morgan fingerprint density at radius 3 is 1.37 bits per heavy atom. The Bertz CT molecular complexity index is 3050. The van der Waals surface area contributed by atoms with Crippen LogP contribution in [0.15, 0.2) is 164 Å². The number of anilines is 6. The van der Waals surface area contributed by atoms with E-state index >= 15 is 0 Å². The highest BCUT2D eigenvalue weighted by Gasteiger charge is 2.52. The Balaban J connectivity index is 1.16. The van der Waals surface area contributed by atoms with Gasteiger partial charge in [-0.1, -0.05) is 153 Å². The van der Waals surface area contributed by atoms with E-state index in [-0.39, 0.29) is 17.5 Å². The minimum atomic E-state index is -0.374. The van der Waals surface area contributed by atoms with E-state index in [9.17, 15) is 0 Å². The van der Waals surface area contributed by atoms with Crippen LogP contribution < -0.4 is 26.2 Å². The molecule has 1 spiro atoms. The van der Waals surface area contributed by atoms with Crippen molar-refractivity contribution in [1.29, 1.82) is 0 Å². The topological polar surface area (TPSA) is 6.48 Å². The molecule has 0 atom stereocenters. The summed E-state index contributed by atoms with van der Waals surface area (Å²) in [6.45, 7) is 13.8. The van der Waals surface area contributed by atoms with Gasteiger partial charge in [0.25, 0.3) is 6.71 Å². The number of hydrogen-bond donors (Lipinski definition) is 0. The fraction of sp³-hybridized carbons (Fsp3) is 0.143. The molecular formula is C56H45BN2. The number of aryl methyl sites for hydroxylation is 3. The molecule has 0 saturated carbocycles. The summed E-state index contributed by atoms with van der Waals surface area (Å²) in [7, 11) is 0. The molecule has 3 heteroatoms. The SMILES string of the molecule is Cc1ccc(N2c3ccc(C)cc3B3c4cc(C)ccc4N(c4ccc5c(c4)-c4ccccc4C54c5ccccc5-c5ccccc54)c4cc(C(C)(C)C)cc2c43)cc1. The van der Waals surface area contributed by atoms with Crippen molar-refractivity contribution in [3.8, 4) is 22.3 Å². The van der Waals surface area contributed by atoms with E-state index in [4.69, 9.17) is 0 Å². The third-order valence-electron chi connectivity index (χ3n) is 13.8. The van der Waals surface area contributed by atoms with Crippen molar-refractivity contribution in [1.82, 2.24) is 0 Å². The highest BCUT2D eigenvalue weighted by molar-refractivity contribution is 7.00. The molecule has 4 aliphatic rings. The number of nitrogens with zero attached hydrogens (tertiary/aromatic N) is 2. The van der Waals surface area contributed by atoms with Gasteiger partial charge in [0.15, 0.2) is 0 Å². The summed E-state index contributed by atoms with van der Waals surface area (Å²) in [4.78, 5) is 5.13. The highest BCUT2D eigenvalue weighted by Crippen LogP contribution is 2.63. The maximum atomic E-state index is 2.60. The van der Waals surface area contributed by atoms with Crippen molar-refractivity contribution < 1.29 is 0 Å². The number of benzene rings is 8. The van der Waals surface area contributed by atoms with Crippen LogP contribution in [0.2, 0.25) is 0 Å². The molecule has 0 N–H and O–H groups in total. The second kappa shape index (κ2) is 12.0. The summed E-state index contributed by atoms with van der Waals surface area (Å²) >= 11 is 0. The zero-order valence-corrected chi connectivity index (χ0v) is 34.6. The van der Waals surface area contributed by atoms with E-state index in [0.29, 0.717) is 0 Å². The van der Waals surface area contributed by atoms with Gasteiger partial charge in [0.05, 0.1) is 5.41 Å². The second-order valence-electron chi connectivity index (χ2n) is 18.4. The first-order chi connectivity index (χ1) is 28.6. The molecule has 2 aliphatic heterocycles. The van der Waals surface area contributed by atoms with E-state index < -0.39 is 0 Å². The van der Waals surface area contributed by atoms with Crippen molar-refractivity contribution in [3.05, 3.63) is 208 Å². The molecule has 0 fully saturated rings. The monoisotopic (exact) mass is 756 g/mol. The van der Waals surface area contributed by atoms with Crippen LogP contribution in [0.4, 0.5) is 34.1 Å². The van der Waals surface area contributed by atoms with E-state index in [1.807, 2.05) is 0 Å². The molecule has 8 aromatic rings. The van der Waals surface area contributed by atoms with Crippen LogP contribution in [0, 0.1) is 20.8 Å². The van der Waals surface area contributed by atoms with Crippen LogP contribution in [0.5, 0.6) is 0 Å². The first-order valence-corrected chi connectivity index (χ1v) is 21.1. The van der Waals surface area contributed by atoms with Gasteiger partial charge in [0.2, 0.25) is 0 Å². The van der Waals surface area contributed by atoms with Gasteiger partial charge in [0, 0.05) is 34.1 Å². The maximum Gasteiger partial charge on any atom is 0.252 e. The third kappa shape index (κ3) is 4.59. The first-order valence-electron chi connectivity index (χ1n) is 21.1. The first kappa shape index (κ1) is 34.5. The van der Waals surface area contributed by atoms with Gasteiger partial charge in [-0.25, -0.2) is 0 Å². The van der Waals surface area contributed by atoms with Crippen LogP contribution in [0.3, 0.4) is 0 Å². The molecular weight excluding hydrogens is 711 g/mol. The molecule has 0 saturated heterocycles. The molecule has 2 aliphatic carbocycles. The van der Waals surface area contributed by atoms with E-state index in [2.05, 4.69) is 215 Å². The van der Waals surface area contributed by atoms with Crippen LogP contribution in [-0.2, 0) is 10.8 Å². The standard InChI is InChI=1S/C56H45BN2/c1-34-19-23-38(24-20-34)58-50-27-21-35(2)29-48(50)57-49-30-36(3)22-28-51(49)59(53-32-37(55(4,5)6)31-52(58)54(53)57)39-25-26-47-43(33-39)42-15-9-12-18-46(42)56(47)44-16-10-7-13-40(44)41-14-8-11-17-45(41)56/h7-33H,1-6H3. The molecule has 0 bridgehead atoms.